The Bertz CT molecular complexity index is 330. The molecule has 0 bridgehead atoms. The Kier molecular flexibility index (Phi) is 8.57. The van der Waals surface area contributed by atoms with Gasteiger partial charge in [-0.3, -0.25) is 0 Å². The van der Waals surface area contributed by atoms with E-state index in [9.17, 15) is 0 Å². The van der Waals surface area contributed by atoms with E-state index >= 15 is 0 Å². The summed E-state index contributed by atoms with van der Waals surface area (Å²) < 4.78 is 0. The summed E-state index contributed by atoms with van der Waals surface area (Å²) in [5.41, 5.74) is 1.33. The third-order valence-electron chi connectivity index (χ3n) is 2.72. The van der Waals surface area contributed by atoms with Crippen LogP contribution in [0.1, 0.15) is 32.3 Å². The Hall–Kier alpha value is -0.180. The SMILES string of the molecule is CCCNC(CSCCC)Cc1cccc(Cl)c1. The molecule has 0 aromatic heterocycles. The van der Waals surface area contributed by atoms with Gasteiger partial charge in [-0.25, -0.2) is 0 Å². The average molecular weight is 286 g/mol. The van der Waals surface area contributed by atoms with E-state index in [-0.39, 0.29) is 0 Å². The summed E-state index contributed by atoms with van der Waals surface area (Å²) in [7, 11) is 0. The zero-order valence-electron chi connectivity index (χ0n) is 11.4. The molecule has 1 unspecified atom stereocenters. The lowest BCUT2D eigenvalue weighted by Crippen LogP contribution is -2.34. The molecule has 0 aliphatic carbocycles. The molecule has 0 aliphatic rings. The Morgan fingerprint density at radius 1 is 1.28 bits per heavy atom. The van der Waals surface area contributed by atoms with Crippen molar-refractivity contribution in [3.63, 3.8) is 0 Å². The molecule has 1 N–H and O–H groups in total. The maximum absolute atomic E-state index is 6.03. The van der Waals surface area contributed by atoms with Gasteiger partial charge in [-0.2, -0.15) is 11.8 Å². The molecular weight excluding hydrogens is 262 g/mol. The average Bonchev–Trinajstić information content (AvgIpc) is 2.36. The van der Waals surface area contributed by atoms with Crippen molar-refractivity contribution < 1.29 is 0 Å². The van der Waals surface area contributed by atoms with Gasteiger partial charge in [-0.15, -0.1) is 0 Å². The second-order valence-electron chi connectivity index (χ2n) is 4.56. The highest BCUT2D eigenvalue weighted by atomic mass is 35.5. The number of benzene rings is 1. The fraction of sp³-hybridized carbons (Fsp3) is 0.600. The van der Waals surface area contributed by atoms with Crippen molar-refractivity contribution in [3.05, 3.63) is 34.9 Å². The Morgan fingerprint density at radius 3 is 2.78 bits per heavy atom. The minimum atomic E-state index is 0.556. The molecule has 3 heteroatoms. The van der Waals surface area contributed by atoms with Crippen molar-refractivity contribution in [2.45, 2.75) is 39.2 Å². The van der Waals surface area contributed by atoms with Gasteiger partial charge in [0.15, 0.2) is 0 Å². The topological polar surface area (TPSA) is 12.0 Å². The summed E-state index contributed by atoms with van der Waals surface area (Å²) in [6.45, 7) is 5.54. The van der Waals surface area contributed by atoms with Crippen LogP contribution in [-0.4, -0.2) is 24.1 Å². The number of hydrogen-bond donors (Lipinski definition) is 1. The lowest BCUT2D eigenvalue weighted by molar-refractivity contribution is 0.550. The highest BCUT2D eigenvalue weighted by Gasteiger charge is 2.09. The molecule has 1 rings (SSSR count). The van der Waals surface area contributed by atoms with E-state index in [1.54, 1.807) is 0 Å². The zero-order chi connectivity index (χ0) is 13.2. The molecular formula is C15H24ClNS. The first kappa shape index (κ1) is 15.9. The molecule has 0 saturated carbocycles. The molecule has 1 aromatic rings. The molecule has 102 valence electrons. The third-order valence-corrected chi connectivity index (χ3v) is 4.29. The number of hydrogen-bond acceptors (Lipinski definition) is 2. The standard InChI is InChI=1S/C15H24ClNS/c1-3-8-17-15(12-18-9-4-2)11-13-6-5-7-14(16)10-13/h5-7,10,15,17H,3-4,8-9,11-12H2,1-2H3. The summed E-state index contributed by atoms with van der Waals surface area (Å²) >= 11 is 8.07. The van der Waals surface area contributed by atoms with Gasteiger partial charge in [0.05, 0.1) is 0 Å². The van der Waals surface area contributed by atoms with Crippen molar-refractivity contribution in [3.8, 4) is 0 Å². The van der Waals surface area contributed by atoms with Crippen molar-refractivity contribution in [2.24, 2.45) is 0 Å². The van der Waals surface area contributed by atoms with E-state index in [2.05, 4.69) is 31.3 Å². The van der Waals surface area contributed by atoms with Crippen molar-refractivity contribution in [1.29, 1.82) is 0 Å². The Balaban J connectivity index is 2.48. The fourth-order valence-corrected chi connectivity index (χ4v) is 3.05. The normalized spacial score (nSPS) is 12.6. The Labute approximate surface area is 121 Å². The second-order valence-corrected chi connectivity index (χ2v) is 6.15. The molecule has 0 aliphatic heterocycles. The van der Waals surface area contributed by atoms with Gasteiger partial charge < -0.3 is 5.32 Å². The van der Waals surface area contributed by atoms with Crippen LogP contribution in [0.2, 0.25) is 5.02 Å². The van der Waals surface area contributed by atoms with Gasteiger partial charge in [0.1, 0.15) is 0 Å². The van der Waals surface area contributed by atoms with E-state index < -0.39 is 0 Å². The Morgan fingerprint density at radius 2 is 2.11 bits per heavy atom. The molecule has 1 atom stereocenters. The van der Waals surface area contributed by atoms with Crippen LogP contribution in [-0.2, 0) is 6.42 Å². The highest BCUT2D eigenvalue weighted by molar-refractivity contribution is 7.99. The number of nitrogens with one attached hydrogen (secondary N) is 1. The lowest BCUT2D eigenvalue weighted by Gasteiger charge is -2.18. The predicted octanol–water partition coefficient (Wildman–Crippen LogP) is 4.39. The number of halogens is 1. The van der Waals surface area contributed by atoms with Gasteiger partial charge in [-0.1, -0.05) is 37.6 Å². The molecule has 0 radical (unpaired) electrons. The van der Waals surface area contributed by atoms with Crippen LogP contribution in [0.4, 0.5) is 0 Å². The van der Waals surface area contributed by atoms with E-state index in [1.165, 1.54) is 29.9 Å². The summed E-state index contributed by atoms with van der Waals surface area (Å²) in [5.74, 6) is 2.43. The first-order valence-electron chi connectivity index (χ1n) is 6.81. The van der Waals surface area contributed by atoms with Crippen molar-refractivity contribution in [2.75, 3.05) is 18.1 Å². The number of rotatable bonds is 9. The second kappa shape index (κ2) is 9.71. The zero-order valence-corrected chi connectivity index (χ0v) is 13.0. The lowest BCUT2D eigenvalue weighted by atomic mass is 10.1. The van der Waals surface area contributed by atoms with Gasteiger partial charge in [-0.05, 0) is 49.3 Å². The van der Waals surface area contributed by atoms with E-state index in [0.717, 1.165) is 18.0 Å². The maximum atomic E-state index is 6.03. The van der Waals surface area contributed by atoms with Crippen molar-refractivity contribution >= 4 is 23.4 Å². The third kappa shape index (κ3) is 6.67. The van der Waals surface area contributed by atoms with Gasteiger partial charge in [0.25, 0.3) is 0 Å². The quantitative estimate of drug-likeness (QED) is 0.675. The summed E-state index contributed by atoms with van der Waals surface area (Å²) in [4.78, 5) is 0. The smallest absolute Gasteiger partial charge is 0.0408 e. The molecule has 0 fully saturated rings. The number of thioether (sulfide) groups is 1. The molecule has 18 heavy (non-hydrogen) atoms. The van der Waals surface area contributed by atoms with Gasteiger partial charge >= 0.3 is 0 Å². The highest BCUT2D eigenvalue weighted by Crippen LogP contribution is 2.14. The molecule has 0 amide bonds. The van der Waals surface area contributed by atoms with Crippen LogP contribution >= 0.6 is 23.4 Å². The maximum Gasteiger partial charge on any atom is 0.0408 e. The van der Waals surface area contributed by atoms with Gasteiger partial charge in [0, 0.05) is 16.8 Å². The largest absolute Gasteiger partial charge is 0.313 e. The first-order chi connectivity index (χ1) is 8.76. The van der Waals surface area contributed by atoms with Gasteiger partial charge in [0.2, 0.25) is 0 Å². The van der Waals surface area contributed by atoms with E-state index in [1.807, 2.05) is 23.9 Å². The van der Waals surface area contributed by atoms with Crippen LogP contribution in [0, 0.1) is 0 Å². The summed E-state index contributed by atoms with van der Waals surface area (Å²) in [6.07, 6.45) is 3.50. The van der Waals surface area contributed by atoms with E-state index in [0.29, 0.717) is 6.04 Å². The molecule has 0 heterocycles. The fourth-order valence-electron chi connectivity index (χ4n) is 1.86. The molecule has 0 spiro atoms. The molecule has 1 nitrogen and oxygen atoms in total. The summed E-state index contributed by atoms with van der Waals surface area (Å²) in [6, 6.07) is 8.77. The summed E-state index contributed by atoms with van der Waals surface area (Å²) in [5, 5.41) is 4.47. The van der Waals surface area contributed by atoms with Crippen LogP contribution in [0.3, 0.4) is 0 Å². The first-order valence-corrected chi connectivity index (χ1v) is 8.35. The van der Waals surface area contributed by atoms with Crippen LogP contribution < -0.4 is 5.32 Å². The van der Waals surface area contributed by atoms with Crippen LogP contribution in [0.25, 0.3) is 0 Å². The molecule has 1 aromatic carbocycles. The monoisotopic (exact) mass is 285 g/mol. The predicted molar refractivity (Wildman–Crippen MR) is 84.9 cm³/mol. The van der Waals surface area contributed by atoms with E-state index in [4.69, 9.17) is 11.6 Å². The minimum Gasteiger partial charge on any atom is -0.313 e. The van der Waals surface area contributed by atoms with Crippen LogP contribution in [0.15, 0.2) is 24.3 Å². The van der Waals surface area contributed by atoms with Crippen molar-refractivity contribution in [1.82, 2.24) is 5.32 Å². The van der Waals surface area contributed by atoms with Crippen LogP contribution in [0.5, 0.6) is 0 Å². The minimum absolute atomic E-state index is 0.556. The molecule has 0 saturated heterocycles.